The molecule has 0 aromatic heterocycles. The standard InChI is InChI=1S/C20H23ClN4O4/c1-20(18(28)22-19(29)23-20)13-5-4-8-24(11-13)17(27)12-9-16(26)25(10-12)15-7-3-2-6-14(15)21/h2-3,6-7,12-13H,4-5,8-11H2,1H3,(H2,22,23,28,29). The number of hydrogen-bond acceptors (Lipinski definition) is 4. The van der Waals surface area contributed by atoms with Gasteiger partial charge < -0.3 is 15.1 Å². The quantitative estimate of drug-likeness (QED) is 0.727. The van der Waals surface area contributed by atoms with E-state index in [2.05, 4.69) is 10.6 Å². The number of likely N-dealkylation sites (tertiary alicyclic amines) is 1. The Balaban J connectivity index is 1.46. The second-order valence-corrected chi connectivity index (χ2v) is 8.50. The van der Waals surface area contributed by atoms with Crippen LogP contribution < -0.4 is 15.5 Å². The first-order valence-corrected chi connectivity index (χ1v) is 10.1. The van der Waals surface area contributed by atoms with E-state index in [1.807, 2.05) is 0 Å². The molecule has 3 fully saturated rings. The minimum atomic E-state index is -1.02. The number of halogens is 1. The molecule has 8 nitrogen and oxygen atoms in total. The lowest BCUT2D eigenvalue weighted by Gasteiger charge is -2.40. The van der Waals surface area contributed by atoms with Gasteiger partial charge in [-0.1, -0.05) is 23.7 Å². The van der Waals surface area contributed by atoms with E-state index < -0.39 is 17.5 Å². The highest BCUT2D eigenvalue weighted by Gasteiger charge is 2.50. The Morgan fingerprint density at radius 2 is 1.97 bits per heavy atom. The van der Waals surface area contributed by atoms with E-state index in [1.165, 1.54) is 0 Å². The van der Waals surface area contributed by atoms with Crippen LogP contribution >= 0.6 is 11.6 Å². The smallest absolute Gasteiger partial charge is 0.322 e. The molecule has 3 aliphatic rings. The van der Waals surface area contributed by atoms with Gasteiger partial charge in [-0.3, -0.25) is 19.7 Å². The molecular formula is C20H23ClN4O4. The van der Waals surface area contributed by atoms with Crippen molar-refractivity contribution in [2.45, 2.75) is 31.7 Å². The number of imide groups is 1. The second-order valence-electron chi connectivity index (χ2n) is 8.09. The Morgan fingerprint density at radius 1 is 1.21 bits per heavy atom. The van der Waals surface area contributed by atoms with Crippen LogP contribution in [0.4, 0.5) is 10.5 Å². The van der Waals surface area contributed by atoms with Crippen LogP contribution in [-0.2, 0) is 14.4 Å². The number of amides is 5. The molecule has 154 valence electrons. The number of benzene rings is 1. The van der Waals surface area contributed by atoms with E-state index in [-0.39, 0.29) is 36.6 Å². The van der Waals surface area contributed by atoms with Crippen LogP contribution in [0.15, 0.2) is 24.3 Å². The summed E-state index contributed by atoms with van der Waals surface area (Å²) in [4.78, 5) is 52.8. The van der Waals surface area contributed by atoms with Crippen molar-refractivity contribution < 1.29 is 19.2 Å². The van der Waals surface area contributed by atoms with E-state index in [0.717, 1.165) is 12.8 Å². The van der Waals surface area contributed by atoms with E-state index in [9.17, 15) is 19.2 Å². The molecule has 3 atom stereocenters. The van der Waals surface area contributed by atoms with Gasteiger partial charge in [-0.15, -0.1) is 0 Å². The van der Waals surface area contributed by atoms with E-state index >= 15 is 0 Å². The summed E-state index contributed by atoms with van der Waals surface area (Å²) in [5.41, 5.74) is -0.408. The molecule has 29 heavy (non-hydrogen) atoms. The van der Waals surface area contributed by atoms with Gasteiger partial charge in [0.1, 0.15) is 5.54 Å². The summed E-state index contributed by atoms with van der Waals surface area (Å²) in [6, 6.07) is 6.59. The van der Waals surface area contributed by atoms with Crippen LogP contribution in [0.5, 0.6) is 0 Å². The number of anilines is 1. The summed E-state index contributed by atoms with van der Waals surface area (Å²) in [5, 5.41) is 5.46. The number of carbonyl (C=O) groups excluding carboxylic acids is 4. The van der Waals surface area contributed by atoms with Crippen LogP contribution in [0.1, 0.15) is 26.2 Å². The van der Waals surface area contributed by atoms with Crippen molar-refractivity contribution in [3.05, 3.63) is 29.3 Å². The minimum Gasteiger partial charge on any atom is -0.342 e. The fourth-order valence-electron chi connectivity index (χ4n) is 4.53. The minimum absolute atomic E-state index is 0.0917. The zero-order valence-corrected chi connectivity index (χ0v) is 16.9. The highest BCUT2D eigenvalue weighted by molar-refractivity contribution is 6.33. The Bertz CT molecular complexity index is 891. The van der Waals surface area contributed by atoms with Crippen molar-refractivity contribution in [1.82, 2.24) is 15.5 Å². The van der Waals surface area contributed by atoms with Gasteiger partial charge in [0.25, 0.3) is 5.91 Å². The van der Waals surface area contributed by atoms with Crippen LogP contribution in [-0.4, -0.2) is 53.8 Å². The molecule has 0 aliphatic carbocycles. The van der Waals surface area contributed by atoms with Gasteiger partial charge in [0.15, 0.2) is 0 Å². The number of carbonyl (C=O) groups is 4. The number of nitrogens with one attached hydrogen (secondary N) is 2. The summed E-state index contributed by atoms with van der Waals surface area (Å²) in [6.45, 7) is 2.94. The van der Waals surface area contributed by atoms with Gasteiger partial charge in [0.05, 0.1) is 16.6 Å². The molecule has 0 radical (unpaired) electrons. The average molecular weight is 419 g/mol. The highest BCUT2D eigenvalue weighted by atomic mass is 35.5. The molecule has 0 spiro atoms. The Labute approximate surface area is 173 Å². The van der Waals surface area contributed by atoms with Crippen molar-refractivity contribution in [2.75, 3.05) is 24.5 Å². The molecule has 1 aromatic carbocycles. The molecular weight excluding hydrogens is 396 g/mol. The number of hydrogen-bond donors (Lipinski definition) is 2. The zero-order chi connectivity index (χ0) is 20.8. The summed E-state index contributed by atoms with van der Waals surface area (Å²) in [6.07, 6.45) is 1.62. The van der Waals surface area contributed by atoms with Crippen LogP contribution in [0, 0.1) is 11.8 Å². The first-order chi connectivity index (χ1) is 13.8. The summed E-state index contributed by atoms with van der Waals surface area (Å²) >= 11 is 6.22. The van der Waals surface area contributed by atoms with Crippen molar-refractivity contribution in [1.29, 1.82) is 0 Å². The maximum Gasteiger partial charge on any atom is 0.322 e. The largest absolute Gasteiger partial charge is 0.342 e. The molecule has 3 unspecified atom stereocenters. The summed E-state index contributed by atoms with van der Waals surface area (Å²) in [5.74, 6) is -1.20. The molecule has 2 N–H and O–H groups in total. The zero-order valence-electron chi connectivity index (χ0n) is 16.1. The molecule has 0 bridgehead atoms. The molecule has 1 aromatic rings. The van der Waals surface area contributed by atoms with Gasteiger partial charge in [-0.2, -0.15) is 0 Å². The van der Waals surface area contributed by atoms with Crippen molar-refractivity contribution in [2.24, 2.45) is 11.8 Å². The first kappa shape index (κ1) is 19.7. The fourth-order valence-corrected chi connectivity index (χ4v) is 4.77. The Kier molecular flexibility index (Phi) is 4.98. The van der Waals surface area contributed by atoms with Crippen molar-refractivity contribution in [3.63, 3.8) is 0 Å². The fraction of sp³-hybridized carbons (Fsp3) is 0.500. The highest BCUT2D eigenvalue weighted by Crippen LogP contribution is 2.34. The third-order valence-electron chi connectivity index (χ3n) is 6.24. The molecule has 3 saturated heterocycles. The van der Waals surface area contributed by atoms with E-state index in [1.54, 1.807) is 41.0 Å². The monoisotopic (exact) mass is 418 g/mol. The Hall–Kier alpha value is -2.61. The predicted molar refractivity (Wildman–Crippen MR) is 106 cm³/mol. The van der Waals surface area contributed by atoms with Crippen LogP contribution in [0.3, 0.4) is 0 Å². The molecule has 3 aliphatic heterocycles. The third-order valence-corrected chi connectivity index (χ3v) is 6.56. The lowest BCUT2D eigenvalue weighted by atomic mass is 9.80. The molecule has 9 heteroatoms. The number of piperidine rings is 1. The van der Waals surface area contributed by atoms with Crippen LogP contribution in [0.25, 0.3) is 0 Å². The van der Waals surface area contributed by atoms with Gasteiger partial charge in [-0.05, 0) is 31.9 Å². The average Bonchev–Trinajstić information content (AvgIpc) is 3.21. The van der Waals surface area contributed by atoms with E-state index in [4.69, 9.17) is 11.6 Å². The SMILES string of the molecule is CC1(C2CCCN(C(=O)C3CC(=O)N(c4ccccc4Cl)C3)C2)NC(=O)NC1=O. The molecule has 0 saturated carbocycles. The molecule has 3 heterocycles. The van der Waals surface area contributed by atoms with Gasteiger partial charge in [0, 0.05) is 32.0 Å². The normalized spacial score (nSPS) is 29.8. The number of rotatable bonds is 3. The lowest BCUT2D eigenvalue weighted by molar-refractivity contribution is -0.139. The first-order valence-electron chi connectivity index (χ1n) is 9.77. The van der Waals surface area contributed by atoms with Crippen molar-refractivity contribution >= 4 is 41.0 Å². The van der Waals surface area contributed by atoms with Crippen LogP contribution in [0.2, 0.25) is 5.02 Å². The summed E-state index contributed by atoms with van der Waals surface area (Å²) in [7, 11) is 0. The Morgan fingerprint density at radius 3 is 2.66 bits per heavy atom. The van der Waals surface area contributed by atoms with Gasteiger partial charge in [-0.25, -0.2) is 4.79 Å². The molecule has 5 amide bonds. The topological polar surface area (TPSA) is 98.8 Å². The third kappa shape index (κ3) is 3.46. The maximum absolute atomic E-state index is 13.1. The van der Waals surface area contributed by atoms with Crippen molar-refractivity contribution in [3.8, 4) is 0 Å². The number of para-hydroxylation sites is 1. The molecule has 4 rings (SSSR count). The maximum atomic E-state index is 13.1. The number of nitrogens with zero attached hydrogens (tertiary/aromatic N) is 2. The van der Waals surface area contributed by atoms with E-state index in [0.29, 0.717) is 23.8 Å². The summed E-state index contributed by atoms with van der Waals surface area (Å²) < 4.78 is 0. The second kappa shape index (κ2) is 7.33. The predicted octanol–water partition coefficient (Wildman–Crippen LogP) is 1.53. The number of urea groups is 1. The van der Waals surface area contributed by atoms with Gasteiger partial charge in [0.2, 0.25) is 11.8 Å². The lowest BCUT2D eigenvalue weighted by Crippen LogP contribution is -2.57. The van der Waals surface area contributed by atoms with Gasteiger partial charge >= 0.3 is 6.03 Å².